The molecular weight excluding hydrogens is 406 g/mol. The highest BCUT2D eigenvalue weighted by atomic mass is 79.9. The summed E-state index contributed by atoms with van der Waals surface area (Å²) in [5.41, 5.74) is 2.10. The van der Waals surface area contributed by atoms with Crippen LogP contribution in [0.25, 0.3) is 11.4 Å². The number of aromatic nitrogens is 3. The molecule has 0 bridgehead atoms. The monoisotopic (exact) mass is 419 g/mol. The number of thioether (sulfide) groups is 1. The number of allylic oxidation sites excluding steroid dienone is 1. The van der Waals surface area contributed by atoms with Crippen LogP contribution in [0.2, 0.25) is 5.02 Å². The first kappa shape index (κ1) is 17.3. The average molecular weight is 421 g/mol. The van der Waals surface area contributed by atoms with Gasteiger partial charge in [-0.15, -0.1) is 11.7 Å². The summed E-state index contributed by atoms with van der Waals surface area (Å²) in [7, 11) is 0. The molecule has 1 aromatic heterocycles. The Labute approximate surface area is 158 Å². The van der Waals surface area contributed by atoms with Crippen LogP contribution in [0.1, 0.15) is 5.56 Å². The number of nitrogens with zero attached hydrogens (tertiary/aromatic N) is 3. The Kier molecular flexibility index (Phi) is 5.76. The second-order valence-corrected chi connectivity index (χ2v) is 7.34. The van der Waals surface area contributed by atoms with Crippen molar-refractivity contribution in [1.82, 2.24) is 14.8 Å². The first-order valence-corrected chi connectivity index (χ1v) is 9.51. The van der Waals surface area contributed by atoms with Crippen molar-refractivity contribution in [3.8, 4) is 11.4 Å². The molecule has 0 unspecified atom stereocenters. The van der Waals surface area contributed by atoms with Gasteiger partial charge in [-0.3, -0.25) is 0 Å². The smallest absolute Gasteiger partial charge is 0.209 e. The lowest BCUT2D eigenvalue weighted by molar-refractivity contribution is 0.687. The molecule has 0 aliphatic heterocycles. The summed E-state index contributed by atoms with van der Waals surface area (Å²) in [5, 5.41) is 6.08. The summed E-state index contributed by atoms with van der Waals surface area (Å²) in [6, 6.07) is 15.9. The van der Waals surface area contributed by atoms with Gasteiger partial charge < -0.3 is 0 Å². The quantitative estimate of drug-likeness (QED) is 0.371. The van der Waals surface area contributed by atoms with Gasteiger partial charge in [-0.1, -0.05) is 75.7 Å². The van der Waals surface area contributed by atoms with Crippen LogP contribution in [0.4, 0.5) is 0 Å². The van der Waals surface area contributed by atoms with Crippen LogP contribution >= 0.6 is 39.3 Å². The van der Waals surface area contributed by atoms with Crippen molar-refractivity contribution < 1.29 is 0 Å². The van der Waals surface area contributed by atoms with Crippen LogP contribution in [-0.4, -0.2) is 14.8 Å². The molecule has 24 heavy (non-hydrogen) atoms. The summed E-state index contributed by atoms with van der Waals surface area (Å²) in [4.78, 5) is 4.68. The number of benzene rings is 2. The second-order valence-electron chi connectivity index (χ2n) is 5.08. The largest absolute Gasteiger partial charge is 0.241 e. The second kappa shape index (κ2) is 8.01. The molecule has 1 heterocycles. The van der Waals surface area contributed by atoms with Crippen LogP contribution < -0.4 is 0 Å². The maximum Gasteiger partial charge on any atom is 0.209 e. The van der Waals surface area contributed by atoms with E-state index < -0.39 is 0 Å². The van der Waals surface area contributed by atoms with Gasteiger partial charge in [-0.05, 0) is 23.8 Å². The molecule has 0 aliphatic carbocycles. The molecule has 3 nitrogen and oxygen atoms in total. The summed E-state index contributed by atoms with van der Waals surface area (Å²) in [6.45, 7) is 4.42. The maximum absolute atomic E-state index is 6.21. The van der Waals surface area contributed by atoms with Gasteiger partial charge in [0.05, 0.1) is 6.54 Å². The van der Waals surface area contributed by atoms with Gasteiger partial charge in [0.1, 0.15) is 0 Å². The van der Waals surface area contributed by atoms with Crippen LogP contribution in [0.15, 0.2) is 70.8 Å². The van der Waals surface area contributed by atoms with E-state index in [9.17, 15) is 0 Å². The van der Waals surface area contributed by atoms with E-state index in [4.69, 9.17) is 11.6 Å². The van der Waals surface area contributed by atoms with E-state index in [0.717, 1.165) is 37.4 Å². The van der Waals surface area contributed by atoms with Gasteiger partial charge in [0, 0.05) is 20.8 Å². The van der Waals surface area contributed by atoms with Gasteiger partial charge in [-0.25, -0.2) is 9.67 Å². The SMILES string of the molecule is C=CCn1nc(SCc2ccccc2Cl)nc1-c1ccc(Br)cc1. The lowest BCUT2D eigenvalue weighted by atomic mass is 10.2. The van der Waals surface area contributed by atoms with E-state index in [1.54, 1.807) is 11.8 Å². The van der Waals surface area contributed by atoms with E-state index in [0.29, 0.717) is 6.54 Å². The molecule has 3 rings (SSSR count). The number of halogens is 2. The topological polar surface area (TPSA) is 30.7 Å². The number of hydrogen-bond acceptors (Lipinski definition) is 3. The third kappa shape index (κ3) is 4.09. The minimum absolute atomic E-state index is 0.616. The Bertz CT molecular complexity index is 846. The zero-order valence-corrected chi connectivity index (χ0v) is 16.0. The first-order chi connectivity index (χ1) is 11.7. The van der Waals surface area contributed by atoms with Crippen molar-refractivity contribution >= 4 is 39.3 Å². The zero-order valence-electron chi connectivity index (χ0n) is 12.8. The highest BCUT2D eigenvalue weighted by Gasteiger charge is 2.12. The molecule has 0 aliphatic rings. The predicted molar refractivity (Wildman–Crippen MR) is 104 cm³/mol. The standard InChI is InChI=1S/C18H15BrClN3S/c1-2-11-23-17(13-7-9-15(19)10-8-13)21-18(22-23)24-12-14-5-3-4-6-16(14)20/h2-10H,1,11-12H2. The van der Waals surface area contributed by atoms with E-state index >= 15 is 0 Å². The van der Waals surface area contributed by atoms with Crippen molar-refractivity contribution in [2.24, 2.45) is 0 Å². The summed E-state index contributed by atoms with van der Waals surface area (Å²) in [5.74, 6) is 1.57. The minimum atomic E-state index is 0.616. The van der Waals surface area contributed by atoms with E-state index in [2.05, 4.69) is 32.6 Å². The highest BCUT2D eigenvalue weighted by Crippen LogP contribution is 2.27. The third-order valence-electron chi connectivity index (χ3n) is 3.37. The molecule has 3 aromatic rings. The molecule has 0 atom stereocenters. The highest BCUT2D eigenvalue weighted by molar-refractivity contribution is 9.10. The fraction of sp³-hybridized carbons (Fsp3) is 0.111. The van der Waals surface area contributed by atoms with Crippen molar-refractivity contribution in [1.29, 1.82) is 0 Å². The Hall–Kier alpha value is -1.56. The first-order valence-electron chi connectivity index (χ1n) is 7.35. The van der Waals surface area contributed by atoms with Gasteiger partial charge in [0.15, 0.2) is 5.82 Å². The number of hydrogen-bond donors (Lipinski definition) is 0. The molecule has 0 saturated carbocycles. The Morgan fingerprint density at radius 1 is 1.17 bits per heavy atom. The molecule has 0 N–H and O–H groups in total. The van der Waals surface area contributed by atoms with Crippen LogP contribution in [0.5, 0.6) is 0 Å². The van der Waals surface area contributed by atoms with Crippen molar-refractivity contribution in [3.05, 3.63) is 76.2 Å². The fourth-order valence-electron chi connectivity index (χ4n) is 2.20. The van der Waals surface area contributed by atoms with Crippen molar-refractivity contribution in [3.63, 3.8) is 0 Å². The van der Waals surface area contributed by atoms with Gasteiger partial charge in [0.25, 0.3) is 0 Å². The molecule has 0 spiro atoms. The Morgan fingerprint density at radius 3 is 2.62 bits per heavy atom. The van der Waals surface area contributed by atoms with Gasteiger partial charge in [-0.2, -0.15) is 0 Å². The van der Waals surface area contributed by atoms with Crippen LogP contribution in [-0.2, 0) is 12.3 Å². The molecule has 0 fully saturated rings. The van der Waals surface area contributed by atoms with Crippen molar-refractivity contribution in [2.45, 2.75) is 17.5 Å². The van der Waals surface area contributed by atoms with E-state index in [-0.39, 0.29) is 0 Å². The van der Waals surface area contributed by atoms with E-state index in [1.165, 1.54) is 0 Å². The summed E-state index contributed by atoms with van der Waals surface area (Å²) < 4.78 is 2.90. The molecule has 0 saturated heterocycles. The Morgan fingerprint density at radius 2 is 1.92 bits per heavy atom. The summed E-state index contributed by atoms with van der Waals surface area (Å²) in [6.07, 6.45) is 1.82. The van der Waals surface area contributed by atoms with Crippen LogP contribution in [0, 0.1) is 0 Å². The van der Waals surface area contributed by atoms with E-state index in [1.807, 2.05) is 59.3 Å². The zero-order chi connectivity index (χ0) is 16.9. The molecular formula is C18H15BrClN3S. The van der Waals surface area contributed by atoms with Crippen molar-refractivity contribution in [2.75, 3.05) is 0 Å². The molecule has 6 heteroatoms. The van der Waals surface area contributed by atoms with Crippen LogP contribution in [0.3, 0.4) is 0 Å². The maximum atomic E-state index is 6.21. The molecule has 0 radical (unpaired) electrons. The van der Waals surface area contributed by atoms with Gasteiger partial charge >= 0.3 is 0 Å². The molecule has 0 amide bonds. The minimum Gasteiger partial charge on any atom is -0.241 e. The molecule has 2 aromatic carbocycles. The lowest BCUT2D eigenvalue weighted by Gasteiger charge is -2.02. The molecule has 122 valence electrons. The predicted octanol–water partition coefficient (Wildman–Crippen LogP) is 5.84. The third-order valence-corrected chi connectivity index (χ3v) is 5.16. The fourth-order valence-corrected chi connectivity index (χ4v) is 3.59. The normalized spacial score (nSPS) is 10.8. The summed E-state index contributed by atoms with van der Waals surface area (Å²) >= 11 is 11.2. The average Bonchev–Trinajstić information content (AvgIpc) is 2.98. The number of rotatable bonds is 6. The Balaban J connectivity index is 1.84. The van der Waals surface area contributed by atoms with Gasteiger partial charge in [0.2, 0.25) is 5.16 Å². The lowest BCUT2D eigenvalue weighted by Crippen LogP contribution is -2.00.